The fourth-order valence-electron chi connectivity index (χ4n) is 3.69. The van der Waals surface area contributed by atoms with Crippen molar-refractivity contribution in [1.29, 1.82) is 5.26 Å². The standard InChI is InChI=1S/C23H16F4N4O3/c24-17-12-15(5-8-18(17)34-23(25,26)27)22(9-11-33-19-2-1-10-29-20(19)22)31-21(32)30-16-6-3-14(13-28)4-7-16/h1-8,10,12H,9,11H2,(H2,30,31,32). The first-order valence-corrected chi connectivity index (χ1v) is 9.93. The Morgan fingerprint density at radius 3 is 2.62 bits per heavy atom. The van der Waals surface area contributed by atoms with Crippen molar-refractivity contribution in [3.63, 3.8) is 0 Å². The van der Waals surface area contributed by atoms with Crippen LogP contribution in [0.5, 0.6) is 11.5 Å². The third kappa shape index (κ3) is 4.71. The molecule has 7 nitrogen and oxygen atoms in total. The summed E-state index contributed by atoms with van der Waals surface area (Å²) < 4.78 is 61.7. The average Bonchev–Trinajstić information content (AvgIpc) is 2.80. The Balaban J connectivity index is 1.71. The van der Waals surface area contributed by atoms with Crippen molar-refractivity contribution in [3.05, 3.63) is 83.4 Å². The van der Waals surface area contributed by atoms with E-state index >= 15 is 0 Å². The zero-order chi connectivity index (χ0) is 24.3. The normalized spacial score (nSPS) is 17.0. The first kappa shape index (κ1) is 22.8. The van der Waals surface area contributed by atoms with Crippen LogP contribution >= 0.6 is 0 Å². The molecule has 4 rings (SSSR count). The number of pyridine rings is 1. The molecule has 1 unspecified atom stereocenters. The van der Waals surface area contributed by atoms with Crippen LogP contribution in [0.15, 0.2) is 60.8 Å². The molecule has 1 aliphatic rings. The van der Waals surface area contributed by atoms with Gasteiger partial charge < -0.3 is 20.1 Å². The van der Waals surface area contributed by atoms with E-state index in [1.165, 1.54) is 36.5 Å². The zero-order valence-corrected chi connectivity index (χ0v) is 17.3. The van der Waals surface area contributed by atoms with Crippen molar-refractivity contribution >= 4 is 11.7 Å². The minimum atomic E-state index is -5.06. The van der Waals surface area contributed by atoms with E-state index in [1.54, 1.807) is 12.1 Å². The molecule has 0 fully saturated rings. The van der Waals surface area contributed by atoms with Crippen LogP contribution in [-0.2, 0) is 5.54 Å². The minimum Gasteiger partial charge on any atom is -0.491 e. The lowest BCUT2D eigenvalue weighted by molar-refractivity contribution is -0.275. The molecule has 0 saturated carbocycles. The molecule has 0 radical (unpaired) electrons. The summed E-state index contributed by atoms with van der Waals surface area (Å²) in [5.41, 5.74) is -0.206. The lowest BCUT2D eigenvalue weighted by atomic mass is 9.81. The third-order valence-electron chi connectivity index (χ3n) is 5.16. The number of carbonyl (C=O) groups is 1. The van der Waals surface area contributed by atoms with Gasteiger partial charge in [-0.2, -0.15) is 5.26 Å². The molecule has 0 bridgehead atoms. The molecule has 2 amide bonds. The number of aromatic nitrogens is 1. The Morgan fingerprint density at radius 1 is 1.18 bits per heavy atom. The number of alkyl halides is 3. The number of carbonyl (C=O) groups excluding carboxylic acids is 1. The number of amides is 2. The number of fused-ring (bicyclic) bond motifs is 1. The van der Waals surface area contributed by atoms with Gasteiger partial charge in [0.1, 0.15) is 17.0 Å². The van der Waals surface area contributed by atoms with Gasteiger partial charge in [-0.15, -0.1) is 13.2 Å². The molecule has 34 heavy (non-hydrogen) atoms. The number of hydrogen-bond acceptors (Lipinski definition) is 5. The first-order chi connectivity index (χ1) is 16.2. The highest BCUT2D eigenvalue weighted by Crippen LogP contribution is 2.41. The second-order valence-corrected chi connectivity index (χ2v) is 7.32. The van der Waals surface area contributed by atoms with Crippen LogP contribution in [0.1, 0.15) is 23.2 Å². The van der Waals surface area contributed by atoms with E-state index in [-0.39, 0.29) is 24.3 Å². The number of nitriles is 1. The van der Waals surface area contributed by atoms with Gasteiger partial charge in [0.15, 0.2) is 11.6 Å². The van der Waals surface area contributed by atoms with Crippen molar-refractivity contribution in [3.8, 4) is 17.6 Å². The molecule has 1 aromatic heterocycles. The van der Waals surface area contributed by atoms with Crippen LogP contribution in [0.25, 0.3) is 0 Å². The van der Waals surface area contributed by atoms with Crippen LogP contribution in [0, 0.1) is 17.1 Å². The fourth-order valence-corrected chi connectivity index (χ4v) is 3.69. The molecule has 3 aromatic rings. The number of benzene rings is 2. The number of urea groups is 1. The maximum Gasteiger partial charge on any atom is 0.573 e. The van der Waals surface area contributed by atoms with Gasteiger partial charge in [0.05, 0.1) is 18.2 Å². The van der Waals surface area contributed by atoms with E-state index in [1.807, 2.05) is 6.07 Å². The predicted molar refractivity (Wildman–Crippen MR) is 112 cm³/mol. The molecule has 1 aliphatic heterocycles. The van der Waals surface area contributed by atoms with Crippen LogP contribution in [0.2, 0.25) is 0 Å². The number of halogens is 4. The van der Waals surface area contributed by atoms with Crippen LogP contribution < -0.4 is 20.1 Å². The number of nitrogens with one attached hydrogen (secondary N) is 2. The number of anilines is 1. The minimum absolute atomic E-state index is 0.122. The lowest BCUT2D eigenvalue weighted by Gasteiger charge is -2.39. The van der Waals surface area contributed by atoms with Gasteiger partial charge >= 0.3 is 12.4 Å². The Kier molecular flexibility index (Phi) is 5.98. The maximum absolute atomic E-state index is 14.6. The summed E-state index contributed by atoms with van der Waals surface area (Å²) in [5, 5.41) is 14.3. The molecule has 0 saturated heterocycles. The quantitative estimate of drug-likeness (QED) is 0.530. The molecule has 174 valence electrons. The Bertz CT molecular complexity index is 1260. The van der Waals surface area contributed by atoms with Gasteiger partial charge in [-0.1, -0.05) is 6.07 Å². The highest BCUT2D eigenvalue weighted by Gasteiger charge is 2.43. The van der Waals surface area contributed by atoms with E-state index in [2.05, 4.69) is 20.4 Å². The molecular formula is C23H16F4N4O3. The molecule has 2 N–H and O–H groups in total. The fraction of sp³-hybridized carbons (Fsp3) is 0.174. The van der Waals surface area contributed by atoms with Crippen molar-refractivity contribution in [1.82, 2.24) is 10.3 Å². The van der Waals surface area contributed by atoms with E-state index in [0.29, 0.717) is 17.0 Å². The van der Waals surface area contributed by atoms with Crippen LogP contribution in [0.4, 0.5) is 28.0 Å². The van der Waals surface area contributed by atoms with Crippen molar-refractivity contribution in [2.75, 3.05) is 11.9 Å². The van der Waals surface area contributed by atoms with Crippen molar-refractivity contribution in [2.24, 2.45) is 0 Å². The summed E-state index contributed by atoms with van der Waals surface area (Å²) in [6.07, 6.45) is -3.48. The van der Waals surface area contributed by atoms with Gasteiger partial charge in [0, 0.05) is 18.3 Å². The summed E-state index contributed by atoms with van der Waals surface area (Å²) in [6, 6.07) is 13.6. The summed E-state index contributed by atoms with van der Waals surface area (Å²) in [6.45, 7) is 0.123. The van der Waals surface area contributed by atoms with Crippen LogP contribution in [0.3, 0.4) is 0 Å². The lowest BCUT2D eigenvalue weighted by Crippen LogP contribution is -2.51. The van der Waals surface area contributed by atoms with Crippen molar-refractivity contribution < 1.29 is 31.8 Å². The SMILES string of the molecule is N#Cc1ccc(NC(=O)NC2(c3ccc(OC(F)(F)F)c(F)c3)CCOc3cccnc32)cc1. The predicted octanol–water partition coefficient (Wildman–Crippen LogP) is 4.84. The summed E-state index contributed by atoms with van der Waals surface area (Å²) in [4.78, 5) is 17.2. The van der Waals surface area contributed by atoms with E-state index < -0.39 is 29.5 Å². The molecular weight excluding hydrogens is 456 g/mol. The smallest absolute Gasteiger partial charge is 0.491 e. The van der Waals surface area contributed by atoms with Gasteiger partial charge in [0.2, 0.25) is 0 Å². The largest absolute Gasteiger partial charge is 0.573 e. The van der Waals surface area contributed by atoms with E-state index in [4.69, 9.17) is 10.00 Å². The summed E-state index contributed by atoms with van der Waals surface area (Å²) >= 11 is 0. The molecule has 2 aromatic carbocycles. The zero-order valence-electron chi connectivity index (χ0n) is 17.3. The van der Waals surface area contributed by atoms with Gasteiger partial charge in [0.25, 0.3) is 0 Å². The topological polar surface area (TPSA) is 96.3 Å². The highest BCUT2D eigenvalue weighted by molar-refractivity contribution is 5.90. The molecule has 2 heterocycles. The molecule has 0 aliphatic carbocycles. The number of hydrogen-bond donors (Lipinski definition) is 2. The number of ether oxygens (including phenoxy) is 2. The first-order valence-electron chi connectivity index (χ1n) is 9.93. The second kappa shape index (κ2) is 8.90. The van der Waals surface area contributed by atoms with Crippen molar-refractivity contribution in [2.45, 2.75) is 18.3 Å². The van der Waals surface area contributed by atoms with Gasteiger partial charge in [-0.25, -0.2) is 9.18 Å². The average molecular weight is 472 g/mol. The van der Waals surface area contributed by atoms with E-state index in [9.17, 15) is 22.4 Å². The Hall–Kier alpha value is -4.33. The third-order valence-corrected chi connectivity index (χ3v) is 5.16. The highest BCUT2D eigenvalue weighted by atomic mass is 19.4. The summed E-state index contributed by atoms with van der Waals surface area (Å²) in [5.74, 6) is -1.92. The van der Waals surface area contributed by atoms with Crippen LogP contribution in [-0.4, -0.2) is 24.0 Å². The molecule has 11 heteroatoms. The maximum atomic E-state index is 14.6. The Morgan fingerprint density at radius 2 is 1.94 bits per heavy atom. The second-order valence-electron chi connectivity index (χ2n) is 7.32. The van der Waals surface area contributed by atoms with E-state index in [0.717, 1.165) is 12.1 Å². The summed E-state index contributed by atoms with van der Waals surface area (Å²) in [7, 11) is 0. The van der Waals surface area contributed by atoms with Gasteiger partial charge in [-0.3, -0.25) is 4.98 Å². The Labute approximate surface area is 190 Å². The number of nitrogens with zero attached hydrogens (tertiary/aromatic N) is 2. The molecule has 0 spiro atoms. The number of rotatable bonds is 4. The molecule has 1 atom stereocenters. The van der Waals surface area contributed by atoms with Gasteiger partial charge in [-0.05, 0) is 54.1 Å². The monoisotopic (exact) mass is 472 g/mol.